The number of amides is 1. The molecule has 0 spiro atoms. The molecule has 0 fully saturated rings. The summed E-state index contributed by atoms with van der Waals surface area (Å²) in [5.41, 5.74) is 5.38. The van der Waals surface area contributed by atoms with Crippen LogP contribution < -0.4 is 29.3 Å². The third-order valence-corrected chi connectivity index (χ3v) is 2.46. The van der Waals surface area contributed by atoms with Gasteiger partial charge < -0.3 is 26.9 Å². The van der Waals surface area contributed by atoms with Crippen LogP contribution in [0.2, 0.25) is 0 Å². The second kappa shape index (κ2) is 10.3. The van der Waals surface area contributed by atoms with E-state index in [2.05, 4.69) is 24.3 Å². The van der Waals surface area contributed by atoms with Gasteiger partial charge in [0.2, 0.25) is 0 Å². The molecular formula is C17H17LiNO4-. The molecule has 0 saturated heterocycles. The molecule has 0 saturated carbocycles. The van der Waals surface area contributed by atoms with Crippen molar-refractivity contribution < 1.29 is 37.9 Å². The number of hydrogen-bond acceptors (Lipinski definition) is 4. The van der Waals surface area contributed by atoms with Crippen LogP contribution in [0.25, 0.3) is 0 Å². The zero-order chi connectivity index (χ0) is 16.5. The summed E-state index contributed by atoms with van der Waals surface area (Å²) in [6, 6.07) is 14.5. The van der Waals surface area contributed by atoms with E-state index in [1.807, 2.05) is 30.3 Å². The first-order valence-electron chi connectivity index (χ1n) is 6.32. The van der Waals surface area contributed by atoms with E-state index in [1.165, 1.54) is 7.11 Å². The SMILES string of the molecule is [CH2-]C(N)=O.[CH2-]c1cc(Oc2ccccc2)ccc1C(=O)OC.[Li+]. The van der Waals surface area contributed by atoms with E-state index in [0.29, 0.717) is 16.9 Å². The second-order valence-electron chi connectivity index (χ2n) is 4.19. The standard InChI is InChI=1S/C15H13O3.C2H4NO.Li/c1-11-10-13(8-9-14(11)15(16)17-2)18-12-6-4-3-5-7-12;1-2(3)4;/h3-10H,1H2,2H3;1H2,(H2,3,4);/q2*-1;+1. The number of nitrogens with two attached hydrogens (primary N) is 1. The Morgan fingerprint density at radius 3 is 2.09 bits per heavy atom. The quantitative estimate of drug-likeness (QED) is 0.482. The van der Waals surface area contributed by atoms with Crippen molar-refractivity contribution in [3.8, 4) is 11.5 Å². The van der Waals surface area contributed by atoms with E-state index >= 15 is 0 Å². The molecule has 0 aliphatic rings. The summed E-state index contributed by atoms with van der Waals surface area (Å²) in [6.07, 6.45) is 0. The minimum Gasteiger partial charge on any atom is -0.475 e. The third kappa shape index (κ3) is 7.36. The zero-order valence-electron chi connectivity index (χ0n) is 13.2. The zero-order valence-corrected chi connectivity index (χ0v) is 13.2. The Morgan fingerprint density at radius 2 is 1.61 bits per heavy atom. The first-order chi connectivity index (χ1) is 10.4. The fourth-order valence-corrected chi connectivity index (χ4v) is 1.57. The van der Waals surface area contributed by atoms with Crippen LogP contribution in [-0.4, -0.2) is 19.0 Å². The summed E-state index contributed by atoms with van der Waals surface area (Å²) >= 11 is 0. The minimum atomic E-state index is -0.583. The number of carbonyl (C=O) groups excluding carboxylic acids is 2. The molecular weight excluding hydrogens is 289 g/mol. The number of primary amides is 1. The summed E-state index contributed by atoms with van der Waals surface area (Å²) in [7, 11) is 1.34. The average molecular weight is 306 g/mol. The Balaban J connectivity index is 0.000000871. The maximum atomic E-state index is 11.4. The van der Waals surface area contributed by atoms with Gasteiger partial charge in [-0.05, 0) is 23.8 Å². The van der Waals surface area contributed by atoms with Crippen molar-refractivity contribution in [2.24, 2.45) is 5.73 Å². The van der Waals surface area contributed by atoms with Crippen molar-refractivity contribution in [2.45, 2.75) is 0 Å². The van der Waals surface area contributed by atoms with Crippen molar-refractivity contribution in [1.82, 2.24) is 0 Å². The molecule has 0 heterocycles. The molecule has 116 valence electrons. The average Bonchev–Trinajstić information content (AvgIpc) is 2.47. The van der Waals surface area contributed by atoms with Crippen LogP contribution in [0.5, 0.6) is 11.5 Å². The van der Waals surface area contributed by atoms with E-state index < -0.39 is 11.9 Å². The Morgan fingerprint density at radius 1 is 1.04 bits per heavy atom. The van der Waals surface area contributed by atoms with Crippen molar-refractivity contribution in [3.63, 3.8) is 0 Å². The predicted octanol–water partition coefficient (Wildman–Crippen LogP) is -0.243. The van der Waals surface area contributed by atoms with Gasteiger partial charge in [0, 0.05) is 0 Å². The van der Waals surface area contributed by atoms with Crippen LogP contribution in [-0.2, 0) is 9.53 Å². The molecule has 5 nitrogen and oxygen atoms in total. The van der Waals surface area contributed by atoms with Gasteiger partial charge in [0.15, 0.2) is 0 Å². The summed E-state index contributed by atoms with van der Waals surface area (Å²) in [5.74, 6) is 0.396. The van der Waals surface area contributed by atoms with Gasteiger partial charge in [0.25, 0.3) is 5.97 Å². The fourth-order valence-electron chi connectivity index (χ4n) is 1.57. The molecule has 2 rings (SSSR count). The summed E-state index contributed by atoms with van der Waals surface area (Å²) in [6.45, 7) is 6.59. The van der Waals surface area contributed by atoms with Crippen molar-refractivity contribution >= 4 is 11.9 Å². The van der Waals surface area contributed by atoms with Crippen LogP contribution in [0.15, 0.2) is 48.5 Å². The van der Waals surface area contributed by atoms with Gasteiger partial charge >= 0.3 is 18.9 Å². The molecule has 0 aliphatic heterocycles. The number of benzene rings is 2. The van der Waals surface area contributed by atoms with Crippen molar-refractivity contribution in [2.75, 3.05) is 7.11 Å². The molecule has 0 bridgehead atoms. The maximum Gasteiger partial charge on any atom is 1.00 e. The van der Waals surface area contributed by atoms with Gasteiger partial charge in [-0.25, -0.2) is 0 Å². The minimum absolute atomic E-state index is 0. The van der Waals surface area contributed by atoms with Gasteiger partial charge in [0.1, 0.15) is 5.75 Å². The molecule has 1 amide bonds. The first-order valence-corrected chi connectivity index (χ1v) is 6.32. The summed E-state index contributed by atoms with van der Waals surface area (Å²) < 4.78 is 10.3. The molecule has 23 heavy (non-hydrogen) atoms. The van der Waals surface area contributed by atoms with Crippen LogP contribution in [0.4, 0.5) is 0 Å². The Hall–Kier alpha value is -2.48. The van der Waals surface area contributed by atoms with Crippen LogP contribution >= 0.6 is 0 Å². The maximum absolute atomic E-state index is 11.4. The first kappa shape index (κ1) is 20.5. The normalized spacial score (nSPS) is 8.74. The monoisotopic (exact) mass is 306 g/mol. The number of ether oxygens (including phenoxy) is 2. The fraction of sp³-hybridized carbons (Fsp3) is 0.0588. The number of carbonyl (C=O) groups is 2. The Kier molecular flexibility index (Phi) is 9.17. The number of hydrogen-bond donors (Lipinski definition) is 1. The predicted molar refractivity (Wildman–Crippen MR) is 83.3 cm³/mol. The van der Waals surface area contributed by atoms with Gasteiger partial charge in [-0.15, -0.1) is 12.1 Å². The number of esters is 1. The molecule has 0 atom stereocenters. The Labute approximate surface area is 148 Å². The largest absolute Gasteiger partial charge is 1.00 e. The molecule has 2 N–H and O–H groups in total. The van der Waals surface area contributed by atoms with Crippen LogP contribution in [0.3, 0.4) is 0 Å². The van der Waals surface area contributed by atoms with Gasteiger partial charge in [-0.3, -0.25) is 4.79 Å². The molecule has 0 aromatic heterocycles. The number of para-hydroxylation sites is 1. The van der Waals surface area contributed by atoms with E-state index in [9.17, 15) is 4.79 Å². The third-order valence-electron chi connectivity index (χ3n) is 2.46. The van der Waals surface area contributed by atoms with E-state index in [4.69, 9.17) is 9.53 Å². The molecule has 0 unspecified atom stereocenters. The van der Waals surface area contributed by atoms with Crippen LogP contribution in [0, 0.1) is 13.8 Å². The number of methoxy groups -OCH3 is 1. The smallest absolute Gasteiger partial charge is 0.475 e. The second-order valence-corrected chi connectivity index (χ2v) is 4.19. The Bertz CT molecular complexity index is 640. The van der Waals surface area contributed by atoms with E-state index in [1.54, 1.807) is 18.2 Å². The molecule has 2 aromatic carbocycles. The van der Waals surface area contributed by atoms with E-state index in [0.717, 1.165) is 5.75 Å². The molecule has 2 aromatic rings. The van der Waals surface area contributed by atoms with Gasteiger partial charge in [0.05, 0.1) is 18.8 Å². The molecule has 6 heteroatoms. The number of rotatable bonds is 3. The van der Waals surface area contributed by atoms with Gasteiger partial charge in [-0.2, -0.15) is 12.5 Å². The molecule has 0 aliphatic carbocycles. The van der Waals surface area contributed by atoms with Crippen molar-refractivity contribution in [3.05, 3.63) is 73.5 Å². The molecule has 0 radical (unpaired) electrons. The topological polar surface area (TPSA) is 78.6 Å². The summed E-state index contributed by atoms with van der Waals surface area (Å²) in [4.78, 5) is 20.5. The van der Waals surface area contributed by atoms with Crippen molar-refractivity contribution in [1.29, 1.82) is 0 Å². The van der Waals surface area contributed by atoms with Crippen LogP contribution in [0.1, 0.15) is 15.9 Å². The van der Waals surface area contributed by atoms with Gasteiger partial charge in [-0.1, -0.05) is 18.2 Å². The summed E-state index contributed by atoms with van der Waals surface area (Å²) in [5, 5.41) is 0. The van der Waals surface area contributed by atoms with E-state index in [-0.39, 0.29) is 18.9 Å².